The molecule has 2 aliphatic rings. The van der Waals surface area contributed by atoms with E-state index in [0.29, 0.717) is 36.8 Å². The van der Waals surface area contributed by atoms with E-state index in [9.17, 15) is 14.7 Å². The Morgan fingerprint density at radius 2 is 1.91 bits per heavy atom. The number of quaternary nitrogens is 1. The van der Waals surface area contributed by atoms with Gasteiger partial charge in [0.1, 0.15) is 13.2 Å². The highest BCUT2D eigenvalue weighted by atomic mass is 32.1. The highest BCUT2D eigenvalue weighted by Gasteiger charge is 2.44. The highest BCUT2D eigenvalue weighted by molar-refractivity contribution is 7.10. The van der Waals surface area contributed by atoms with E-state index in [4.69, 9.17) is 9.47 Å². The number of ether oxygens (including phenoxy) is 2. The van der Waals surface area contributed by atoms with Gasteiger partial charge in [0.2, 0.25) is 5.78 Å². The molecule has 3 heterocycles. The summed E-state index contributed by atoms with van der Waals surface area (Å²) in [5.74, 6) is -0.693. The number of Topliss-reactive ketones (excluding diaryl/α,β-unsaturated/α-hetero) is 1. The molecule has 1 N–H and O–H groups in total. The molecule has 0 radical (unpaired) electrons. The fraction of sp³-hybridized carbons (Fsp3) is 0.417. The van der Waals surface area contributed by atoms with E-state index in [1.54, 1.807) is 23.1 Å². The summed E-state index contributed by atoms with van der Waals surface area (Å²) in [6.45, 7) is 8.50. The second-order valence-corrected chi connectivity index (χ2v) is 8.89. The van der Waals surface area contributed by atoms with Crippen LogP contribution in [0.4, 0.5) is 0 Å². The molecule has 1 unspecified atom stereocenters. The predicted octanol–water partition coefficient (Wildman–Crippen LogP) is 1.06. The summed E-state index contributed by atoms with van der Waals surface area (Å²) in [4.78, 5) is 29.8. The van der Waals surface area contributed by atoms with Crippen LogP contribution >= 0.6 is 11.3 Å². The average Bonchev–Trinajstić information content (AvgIpc) is 3.43. The number of thiophene rings is 1. The Kier molecular flexibility index (Phi) is 6.81. The smallest absolute Gasteiger partial charge is 0.295 e. The number of carbonyl (C=O) groups is 2. The van der Waals surface area contributed by atoms with Gasteiger partial charge in [0, 0.05) is 23.4 Å². The minimum absolute atomic E-state index is 0.0179. The third-order valence-electron chi connectivity index (χ3n) is 6.08. The van der Waals surface area contributed by atoms with Gasteiger partial charge in [-0.3, -0.25) is 9.59 Å². The minimum Gasteiger partial charge on any atom is -0.872 e. The van der Waals surface area contributed by atoms with Crippen LogP contribution in [0.25, 0.3) is 5.76 Å². The van der Waals surface area contributed by atoms with Crippen molar-refractivity contribution in [2.75, 3.05) is 39.4 Å². The van der Waals surface area contributed by atoms with Gasteiger partial charge in [0.05, 0.1) is 25.7 Å². The largest absolute Gasteiger partial charge is 0.872 e. The van der Waals surface area contributed by atoms with Crippen molar-refractivity contribution < 1.29 is 29.1 Å². The number of hydrogen-bond donors (Lipinski definition) is 1. The van der Waals surface area contributed by atoms with Gasteiger partial charge in [0.25, 0.3) is 5.91 Å². The zero-order valence-electron chi connectivity index (χ0n) is 18.4. The maximum absolute atomic E-state index is 13.5. The van der Waals surface area contributed by atoms with Crippen LogP contribution in [0.15, 0.2) is 41.3 Å². The lowest BCUT2D eigenvalue weighted by Gasteiger charge is -2.27. The molecule has 0 aliphatic carbocycles. The molecule has 7 nitrogen and oxygen atoms in total. The summed E-state index contributed by atoms with van der Waals surface area (Å²) in [7, 11) is 0. The number of fused-ring (bicyclic) bond motifs is 1. The first-order valence-electron chi connectivity index (χ1n) is 11.1. The molecule has 1 fully saturated rings. The van der Waals surface area contributed by atoms with E-state index in [2.05, 4.69) is 13.8 Å². The van der Waals surface area contributed by atoms with Crippen LogP contribution < -0.4 is 19.5 Å². The predicted molar refractivity (Wildman–Crippen MR) is 120 cm³/mol. The number of likely N-dealkylation sites (tertiary alicyclic amines) is 1. The SMILES string of the molecule is CC[NH+](CC)CCCN1C(=O)C(=O)C(=C([O-])c2ccc3c(c2)OCCO3)C1c1cccs1. The molecule has 170 valence electrons. The van der Waals surface area contributed by atoms with Gasteiger partial charge in [0.15, 0.2) is 11.5 Å². The molecular weight excluding hydrogens is 428 g/mol. The molecule has 2 aromatic rings. The van der Waals surface area contributed by atoms with E-state index < -0.39 is 23.5 Å². The molecule has 8 heteroatoms. The van der Waals surface area contributed by atoms with Crippen molar-refractivity contribution in [3.05, 3.63) is 51.7 Å². The molecule has 2 aliphatic heterocycles. The number of nitrogens with one attached hydrogen (secondary N) is 1. The quantitative estimate of drug-likeness (QED) is 0.365. The Labute approximate surface area is 191 Å². The number of amides is 1. The fourth-order valence-corrected chi connectivity index (χ4v) is 5.13. The van der Waals surface area contributed by atoms with Crippen molar-refractivity contribution >= 4 is 28.8 Å². The lowest BCUT2D eigenvalue weighted by atomic mass is 9.99. The molecule has 1 amide bonds. The molecule has 32 heavy (non-hydrogen) atoms. The normalized spacial score (nSPS) is 19.7. The van der Waals surface area contributed by atoms with Crippen molar-refractivity contribution in [2.24, 2.45) is 0 Å². The summed E-state index contributed by atoms with van der Waals surface area (Å²) < 4.78 is 11.1. The van der Waals surface area contributed by atoms with Gasteiger partial charge in [-0.25, -0.2) is 0 Å². The Hall–Kier alpha value is -2.84. The first-order chi connectivity index (χ1) is 15.5. The Morgan fingerprint density at radius 3 is 2.59 bits per heavy atom. The van der Waals surface area contributed by atoms with E-state index in [-0.39, 0.29) is 5.57 Å². The van der Waals surface area contributed by atoms with Gasteiger partial charge in [-0.2, -0.15) is 0 Å². The molecule has 0 bridgehead atoms. The third kappa shape index (κ3) is 4.25. The number of nitrogens with zero attached hydrogens (tertiary/aromatic N) is 1. The third-order valence-corrected chi connectivity index (χ3v) is 7.00. The van der Waals surface area contributed by atoms with Gasteiger partial charge in [-0.15, -0.1) is 11.3 Å². The minimum atomic E-state index is -0.710. The second kappa shape index (κ2) is 9.75. The average molecular weight is 457 g/mol. The zero-order chi connectivity index (χ0) is 22.7. The van der Waals surface area contributed by atoms with Gasteiger partial charge in [-0.1, -0.05) is 17.9 Å². The Balaban J connectivity index is 1.68. The van der Waals surface area contributed by atoms with Crippen molar-refractivity contribution in [2.45, 2.75) is 26.3 Å². The lowest BCUT2D eigenvalue weighted by molar-refractivity contribution is -0.896. The Morgan fingerprint density at radius 1 is 1.16 bits per heavy atom. The van der Waals surface area contributed by atoms with Crippen LogP contribution in [0.2, 0.25) is 0 Å². The summed E-state index contributed by atoms with van der Waals surface area (Å²) in [6, 6.07) is 7.99. The number of hydrogen-bond acceptors (Lipinski definition) is 6. The summed E-state index contributed by atoms with van der Waals surface area (Å²) in [5, 5.41) is 15.4. The van der Waals surface area contributed by atoms with Crippen LogP contribution in [-0.2, 0) is 9.59 Å². The van der Waals surface area contributed by atoms with Crippen molar-refractivity contribution in [3.8, 4) is 11.5 Å². The lowest BCUT2D eigenvalue weighted by Crippen LogP contribution is -3.11. The number of benzene rings is 1. The van der Waals surface area contributed by atoms with Crippen LogP contribution in [0.5, 0.6) is 11.5 Å². The molecule has 0 spiro atoms. The van der Waals surface area contributed by atoms with Gasteiger partial charge in [-0.05, 0) is 43.0 Å². The first-order valence-corrected chi connectivity index (χ1v) is 12.0. The van der Waals surface area contributed by atoms with E-state index in [1.165, 1.54) is 16.2 Å². The molecule has 1 aromatic heterocycles. The van der Waals surface area contributed by atoms with Crippen LogP contribution in [0.3, 0.4) is 0 Å². The molecule has 1 saturated heterocycles. The van der Waals surface area contributed by atoms with Crippen molar-refractivity contribution in [1.29, 1.82) is 0 Å². The van der Waals surface area contributed by atoms with Crippen molar-refractivity contribution in [3.63, 3.8) is 0 Å². The highest BCUT2D eigenvalue weighted by Crippen LogP contribution is 2.41. The standard InChI is InChI=1S/C24H28N2O5S/c1-3-25(4-2)10-6-11-26-21(19-7-5-14-32-19)20(23(28)24(26)29)22(27)16-8-9-17-18(15-16)31-13-12-30-17/h5,7-9,14-15,21,27H,3-4,6,10-13H2,1-2H3. The molecule has 4 rings (SSSR count). The summed E-state index contributed by atoms with van der Waals surface area (Å²) >= 11 is 1.45. The maximum Gasteiger partial charge on any atom is 0.295 e. The molecule has 1 aromatic carbocycles. The van der Waals surface area contributed by atoms with E-state index in [1.807, 2.05) is 17.5 Å². The number of rotatable bonds is 8. The number of ketones is 1. The molecular formula is C24H28N2O5S. The van der Waals surface area contributed by atoms with Crippen LogP contribution in [0.1, 0.15) is 36.8 Å². The van der Waals surface area contributed by atoms with Gasteiger partial charge < -0.3 is 24.4 Å². The molecule has 0 saturated carbocycles. The van der Waals surface area contributed by atoms with Crippen LogP contribution in [-0.4, -0.2) is 56.0 Å². The topological polar surface area (TPSA) is 83.3 Å². The van der Waals surface area contributed by atoms with Gasteiger partial charge >= 0.3 is 0 Å². The monoisotopic (exact) mass is 456 g/mol. The Bertz CT molecular complexity index is 1010. The summed E-state index contributed by atoms with van der Waals surface area (Å²) in [6.07, 6.45) is 0.767. The maximum atomic E-state index is 13.5. The van der Waals surface area contributed by atoms with Crippen molar-refractivity contribution in [1.82, 2.24) is 4.90 Å². The van der Waals surface area contributed by atoms with Crippen LogP contribution in [0, 0.1) is 0 Å². The second-order valence-electron chi connectivity index (χ2n) is 7.91. The zero-order valence-corrected chi connectivity index (χ0v) is 19.2. The fourth-order valence-electron chi connectivity index (χ4n) is 4.29. The number of carbonyl (C=O) groups excluding carboxylic acids is 2. The first kappa shape index (κ1) is 22.4. The summed E-state index contributed by atoms with van der Waals surface area (Å²) in [5.41, 5.74) is 0.339. The van der Waals surface area contributed by atoms with E-state index in [0.717, 1.165) is 30.9 Å². The van der Waals surface area contributed by atoms with E-state index >= 15 is 0 Å². The molecule has 1 atom stereocenters.